The van der Waals surface area contributed by atoms with Crippen molar-refractivity contribution in [3.63, 3.8) is 0 Å². The van der Waals surface area contributed by atoms with Gasteiger partial charge in [-0.1, -0.05) is 0 Å². The normalized spacial score (nSPS) is 13.9. The van der Waals surface area contributed by atoms with Gasteiger partial charge in [-0.2, -0.15) is 25.3 Å². The van der Waals surface area contributed by atoms with Gasteiger partial charge in [0.15, 0.2) is 0 Å². The van der Waals surface area contributed by atoms with Crippen molar-refractivity contribution in [1.82, 2.24) is 0 Å². The predicted molar refractivity (Wildman–Crippen MR) is 59.4 cm³/mol. The Kier molecular flexibility index (Phi) is 7.18. The summed E-state index contributed by atoms with van der Waals surface area (Å²) in [5.41, 5.74) is 0. The van der Waals surface area contributed by atoms with Gasteiger partial charge in [-0.05, 0) is 7.92 Å². The van der Waals surface area contributed by atoms with E-state index >= 15 is 0 Å². The molecule has 0 spiro atoms. The summed E-state index contributed by atoms with van der Waals surface area (Å²) < 4.78 is 98.0. The van der Waals surface area contributed by atoms with Gasteiger partial charge in [0.25, 0.3) is 0 Å². The third-order valence-electron chi connectivity index (χ3n) is 1.15. The first-order chi connectivity index (χ1) is 8.29. The first-order valence-electron chi connectivity index (χ1n) is 3.86. The third-order valence-corrected chi connectivity index (χ3v) is 4.41. The largest absolute Gasteiger partial charge is 0.397 e. The molecular weight excluding hydrogens is 355 g/mol. The standard InChI is InChI=1S/C3H9O12PS3/c4-17(5,6)13-1-16(2-14-18(7,8)9)3-15-19(10,11)12/h1-3H2,(H,4,5,6)(H,7,8,9)(H,10,11,12). The van der Waals surface area contributed by atoms with Crippen LogP contribution in [0.25, 0.3) is 0 Å². The van der Waals surface area contributed by atoms with E-state index in [1.54, 1.807) is 0 Å². The van der Waals surface area contributed by atoms with Crippen LogP contribution in [0.5, 0.6) is 0 Å². The highest BCUT2D eigenvalue weighted by Gasteiger charge is 2.19. The Morgan fingerprint density at radius 3 is 1.00 bits per heavy atom. The lowest BCUT2D eigenvalue weighted by Gasteiger charge is -2.14. The molecule has 19 heavy (non-hydrogen) atoms. The highest BCUT2D eigenvalue weighted by molar-refractivity contribution is 7.82. The van der Waals surface area contributed by atoms with Crippen molar-refractivity contribution in [2.45, 2.75) is 0 Å². The van der Waals surface area contributed by atoms with Crippen LogP contribution in [0, 0.1) is 0 Å². The quantitative estimate of drug-likeness (QED) is 0.327. The average Bonchev–Trinajstić information content (AvgIpc) is 2.11. The van der Waals surface area contributed by atoms with Gasteiger partial charge >= 0.3 is 31.2 Å². The zero-order valence-electron chi connectivity index (χ0n) is 8.81. The molecule has 0 aliphatic carbocycles. The zero-order valence-corrected chi connectivity index (χ0v) is 12.2. The highest BCUT2D eigenvalue weighted by Crippen LogP contribution is 2.36. The van der Waals surface area contributed by atoms with Crippen molar-refractivity contribution in [3.8, 4) is 0 Å². The molecule has 0 aromatic rings. The van der Waals surface area contributed by atoms with Crippen molar-refractivity contribution >= 4 is 39.1 Å². The molecule has 0 unspecified atom stereocenters. The molecule has 12 nitrogen and oxygen atoms in total. The Labute approximate surface area is 110 Å². The van der Waals surface area contributed by atoms with E-state index in [0.29, 0.717) is 0 Å². The van der Waals surface area contributed by atoms with Gasteiger partial charge in [0, 0.05) is 0 Å². The molecular formula is C3H9O12PS3. The fourth-order valence-corrected chi connectivity index (χ4v) is 4.15. The molecule has 0 amide bonds. The molecule has 116 valence electrons. The summed E-state index contributed by atoms with van der Waals surface area (Å²) in [7, 11) is -16.6. The van der Waals surface area contributed by atoms with Crippen LogP contribution >= 0.6 is 7.92 Å². The second-order valence-corrected chi connectivity index (χ2v) is 8.08. The molecule has 0 bridgehead atoms. The fourth-order valence-electron chi connectivity index (χ4n) is 0.535. The molecule has 0 saturated carbocycles. The fraction of sp³-hybridized carbons (Fsp3) is 1.00. The predicted octanol–water partition coefficient (Wildman–Crippen LogP) is -1.20. The zero-order chi connectivity index (χ0) is 15.3. The molecule has 0 atom stereocenters. The molecule has 0 radical (unpaired) electrons. The molecule has 0 aliphatic heterocycles. The van der Waals surface area contributed by atoms with Gasteiger partial charge in [-0.25, -0.2) is 12.5 Å². The maximum atomic E-state index is 10.3. The van der Waals surface area contributed by atoms with Crippen LogP contribution in [0.15, 0.2) is 0 Å². The van der Waals surface area contributed by atoms with Gasteiger partial charge < -0.3 is 0 Å². The summed E-state index contributed by atoms with van der Waals surface area (Å²) in [5, 5.41) is 0. The summed E-state index contributed by atoms with van der Waals surface area (Å²) in [6, 6.07) is 0. The Morgan fingerprint density at radius 1 is 0.632 bits per heavy atom. The lowest BCUT2D eigenvalue weighted by Crippen LogP contribution is -2.13. The minimum Gasteiger partial charge on any atom is -0.264 e. The van der Waals surface area contributed by atoms with Crippen molar-refractivity contribution in [2.75, 3.05) is 19.0 Å². The first kappa shape index (κ1) is 19.0. The van der Waals surface area contributed by atoms with E-state index < -0.39 is 58.2 Å². The molecule has 0 aromatic heterocycles. The van der Waals surface area contributed by atoms with Gasteiger partial charge in [0.1, 0.15) is 0 Å². The minimum absolute atomic E-state index is 0.862. The van der Waals surface area contributed by atoms with Gasteiger partial charge in [0.05, 0.1) is 19.0 Å². The van der Waals surface area contributed by atoms with Crippen molar-refractivity contribution in [2.24, 2.45) is 0 Å². The molecule has 0 saturated heterocycles. The molecule has 3 N–H and O–H groups in total. The summed E-state index contributed by atoms with van der Waals surface area (Å²) in [5.74, 6) is 0. The summed E-state index contributed by atoms with van der Waals surface area (Å²) in [4.78, 5) is 0. The Morgan fingerprint density at radius 2 is 0.842 bits per heavy atom. The minimum atomic E-state index is -4.85. The second-order valence-electron chi connectivity index (χ2n) is 2.69. The van der Waals surface area contributed by atoms with E-state index in [1.165, 1.54) is 0 Å². The van der Waals surface area contributed by atoms with E-state index in [4.69, 9.17) is 13.7 Å². The van der Waals surface area contributed by atoms with Crippen LogP contribution in [-0.4, -0.2) is 58.0 Å². The lowest BCUT2D eigenvalue weighted by molar-refractivity contribution is 0.285. The highest BCUT2D eigenvalue weighted by atomic mass is 32.3. The van der Waals surface area contributed by atoms with Crippen LogP contribution in [0.1, 0.15) is 0 Å². The van der Waals surface area contributed by atoms with E-state index in [0.717, 1.165) is 0 Å². The first-order valence-corrected chi connectivity index (χ1v) is 9.86. The molecule has 0 rings (SSSR count). The average molecular weight is 364 g/mol. The van der Waals surface area contributed by atoms with Crippen LogP contribution < -0.4 is 0 Å². The topological polar surface area (TPSA) is 191 Å². The summed E-state index contributed by atoms with van der Waals surface area (Å²) in [6.07, 6.45) is -2.59. The number of hydrogen-bond acceptors (Lipinski definition) is 9. The molecule has 0 aliphatic rings. The van der Waals surface area contributed by atoms with Crippen LogP contribution in [0.2, 0.25) is 0 Å². The second kappa shape index (κ2) is 7.16. The summed E-state index contributed by atoms with van der Waals surface area (Å²) in [6.45, 7) is 0. The molecule has 0 aromatic carbocycles. The van der Waals surface area contributed by atoms with Crippen LogP contribution in [0.3, 0.4) is 0 Å². The summed E-state index contributed by atoms with van der Waals surface area (Å²) >= 11 is 0. The maximum absolute atomic E-state index is 10.3. The third kappa shape index (κ3) is 14.3. The molecule has 0 heterocycles. The van der Waals surface area contributed by atoms with Crippen molar-refractivity contribution in [1.29, 1.82) is 0 Å². The van der Waals surface area contributed by atoms with E-state index in [2.05, 4.69) is 12.5 Å². The SMILES string of the molecule is O=S(=O)(O)OCP(COS(=O)(=O)O)COS(=O)(=O)O. The van der Waals surface area contributed by atoms with E-state index in [9.17, 15) is 25.3 Å². The maximum Gasteiger partial charge on any atom is 0.397 e. The number of rotatable bonds is 9. The Bertz CT molecular complexity index is 486. The van der Waals surface area contributed by atoms with Gasteiger partial charge in [-0.3, -0.25) is 13.7 Å². The number of hydrogen-bond donors (Lipinski definition) is 3. The lowest BCUT2D eigenvalue weighted by atomic mass is 11.6. The van der Waals surface area contributed by atoms with E-state index in [-0.39, 0.29) is 0 Å². The molecule has 0 fully saturated rings. The van der Waals surface area contributed by atoms with Crippen molar-refractivity contribution in [3.05, 3.63) is 0 Å². The van der Waals surface area contributed by atoms with Gasteiger partial charge in [-0.15, -0.1) is 0 Å². The van der Waals surface area contributed by atoms with Crippen LogP contribution in [-0.2, 0) is 43.7 Å². The Hall–Kier alpha value is 0.0400. The van der Waals surface area contributed by atoms with Crippen molar-refractivity contribution < 1.29 is 51.5 Å². The molecule has 16 heteroatoms. The van der Waals surface area contributed by atoms with E-state index in [1.807, 2.05) is 0 Å². The van der Waals surface area contributed by atoms with Crippen LogP contribution in [0.4, 0.5) is 0 Å². The Balaban J connectivity index is 4.55. The smallest absolute Gasteiger partial charge is 0.264 e. The monoisotopic (exact) mass is 364 g/mol. The van der Waals surface area contributed by atoms with Gasteiger partial charge in [0.2, 0.25) is 0 Å².